The van der Waals surface area contributed by atoms with E-state index < -0.39 is 34.5 Å². The number of carbonyl (C=O) groups excluding carboxylic acids is 1. The fraction of sp³-hybridized carbons (Fsp3) is 0.444. The number of aromatic carboxylic acids is 1. The Balaban J connectivity index is 1.64. The molecule has 1 atom stereocenters. The third-order valence-electron chi connectivity index (χ3n) is 6.65. The van der Waals surface area contributed by atoms with Crippen molar-refractivity contribution in [1.29, 1.82) is 0 Å². The van der Waals surface area contributed by atoms with E-state index in [1.807, 2.05) is 6.07 Å². The van der Waals surface area contributed by atoms with Crippen LogP contribution >= 0.6 is 11.3 Å². The SMILES string of the molecule is COc1c(-c2cc3c(s2)CCCC3NC(=O)OC(C)(C)C)c(F)cc2c(=O)c(C(=O)O)cn(C3CC3)c12. The molecule has 0 aliphatic heterocycles. The molecule has 10 heteroatoms. The Morgan fingerprint density at radius 2 is 1.95 bits per heavy atom. The number of methoxy groups -OCH3 is 1. The van der Waals surface area contributed by atoms with E-state index in [4.69, 9.17) is 9.47 Å². The third-order valence-corrected chi connectivity index (χ3v) is 7.88. The standard InChI is InChI=1S/C27H29FN2O6S/c1-27(2,3)36-26(34)29-18-6-5-7-19-14(18)11-20(37-19)21-17(28)10-15-22(24(21)35-4)30(13-8-9-13)12-16(23(15)31)25(32)33/h10-13,18H,5-9H2,1-4H3,(H,29,34)(H,32,33). The maximum Gasteiger partial charge on any atom is 0.408 e. The lowest BCUT2D eigenvalue weighted by Gasteiger charge is -2.26. The predicted molar refractivity (Wildman–Crippen MR) is 138 cm³/mol. The summed E-state index contributed by atoms with van der Waals surface area (Å²) < 4.78 is 28.6. The van der Waals surface area contributed by atoms with E-state index in [2.05, 4.69) is 5.32 Å². The van der Waals surface area contributed by atoms with Gasteiger partial charge in [0, 0.05) is 22.0 Å². The Bertz CT molecular complexity index is 1480. The van der Waals surface area contributed by atoms with E-state index in [1.165, 1.54) is 24.6 Å². The van der Waals surface area contributed by atoms with E-state index >= 15 is 4.39 Å². The summed E-state index contributed by atoms with van der Waals surface area (Å²) in [6.45, 7) is 5.41. The lowest BCUT2D eigenvalue weighted by atomic mass is 9.93. The number of benzene rings is 1. The number of amides is 1. The van der Waals surface area contributed by atoms with E-state index in [0.29, 0.717) is 10.4 Å². The predicted octanol–water partition coefficient (Wildman–Crippen LogP) is 5.81. The zero-order valence-corrected chi connectivity index (χ0v) is 22.0. The maximum absolute atomic E-state index is 15.7. The van der Waals surface area contributed by atoms with Gasteiger partial charge in [0.1, 0.15) is 17.0 Å². The van der Waals surface area contributed by atoms with Gasteiger partial charge in [-0.3, -0.25) is 4.79 Å². The van der Waals surface area contributed by atoms with Gasteiger partial charge in [-0.25, -0.2) is 14.0 Å². The van der Waals surface area contributed by atoms with Gasteiger partial charge in [0.25, 0.3) is 0 Å². The second kappa shape index (κ2) is 9.16. The molecule has 2 aliphatic carbocycles. The second-order valence-corrected chi connectivity index (χ2v) is 11.7. The Hall–Kier alpha value is -3.40. The molecule has 8 nitrogen and oxygen atoms in total. The average molecular weight is 529 g/mol. The molecule has 0 bridgehead atoms. The number of ether oxygens (including phenoxy) is 2. The Kier molecular flexibility index (Phi) is 6.26. The molecule has 2 aliphatic rings. The molecule has 2 aromatic heterocycles. The summed E-state index contributed by atoms with van der Waals surface area (Å²) in [5.74, 6) is -1.81. The molecule has 1 amide bonds. The number of fused-ring (bicyclic) bond motifs is 2. The minimum Gasteiger partial charge on any atom is -0.494 e. The van der Waals surface area contributed by atoms with Crippen molar-refractivity contribution in [3.63, 3.8) is 0 Å². The van der Waals surface area contributed by atoms with Crippen LogP contribution in [0.1, 0.15) is 79.3 Å². The molecule has 2 heterocycles. The van der Waals surface area contributed by atoms with E-state index in [0.717, 1.165) is 48.6 Å². The van der Waals surface area contributed by atoms with Crippen LogP contribution in [0.25, 0.3) is 21.3 Å². The first-order chi connectivity index (χ1) is 17.5. The summed E-state index contributed by atoms with van der Waals surface area (Å²) in [5, 5.41) is 12.5. The Morgan fingerprint density at radius 1 is 1.22 bits per heavy atom. The lowest BCUT2D eigenvalue weighted by Crippen LogP contribution is -2.35. The molecule has 2 N–H and O–H groups in total. The average Bonchev–Trinajstić information content (AvgIpc) is 3.55. The van der Waals surface area contributed by atoms with E-state index in [9.17, 15) is 19.5 Å². The van der Waals surface area contributed by atoms with Crippen molar-refractivity contribution in [2.24, 2.45) is 0 Å². The quantitative estimate of drug-likeness (QED) is 0.433. The number of carboxylic acids is 1. The van der Waals surface area contributed by atoms with Crippen LogP contribution in [0.5, 0.6) is 5.75 Å². The minimum atomic E-state index is -1.35. The molecule has 196 valence electrons. The highest BCUT2D eigenvalue weighted by Gasteiger charge is 2.32. The van der Waals surface area contributed by atoms with Crippen molar-refractivity contribution in [2.45, 2.75) is 70.6 Å². The summed E-state index contributed by atoms with van der Waals surface area (Å²) in [6.07, 6.45) is 4.91. The number of nitrogens with one attached hydrogen (secondary N) is 1. The first-order valence-electron chi connectivity index (χ1n) is 12.3. The van der Waals surface area contributed by atoms with Gasteiger partial charge in [0.15, 0.2) is 5.75 Å². The summed E-state index contributed by atoms with van der Waals surface area (Å²) in [6, 6.07) is 2.75. The molecule has 1 fully saturated rings. The monoisotopic (exact) mass is 528 g/mol. The van der Waals surface area contributed by atoms with Gasteiger partial charge in [0.2, 0.25) is 5.43 Å². The molecule has 5 rings (SSSR count). The molecule has 0 radical (unpaired) electrons. The number of thiophene rings is 1. The van der Waals surface area contributed by atoms with Gasteiger partial charge in [-0.05, 0) is 70.6 Å². The Labute approximate surface area is 217 Å². The summed E-state index contributed by atoms with van der Waals surface area (Å²) in [4.78, 5) is 38.8. The number of hydrogen-bond acceptors (Lipinski definition) is 6. The number of hydrogen-bond donors (Lipinski definition) is 2. The van der Waals surface area contributed by atoms with Gasteiger partial charge in [-0.15, -0.1) is 11.3 Å². The van der Waals surface area contributed by atoms with Crippen molar-refractivity contribution in [3.05, 3.63) is 50.4 Å². The molecule has 1 unspecified atom stereocenters. The van der Waals surface area contributed by atoms with Gasteiger partial charge < -0.3 is 24.5 Å². The molecule has 0 saturated heterocycles. The minimum absolute atomic E-state index is 0.0179. The van der Waals surface area contributed by atoms with Crippen molar-refractivity contribution in [1.82, 2.24) is 9.88 Å². The van der Waals surface area contributed by atoms with E-state index in [1.54, 1.807) is 25.3 Å². The highest BCUT2D eigenvalue weighted by Crippen LogP contribution is 2.47. The first kappa shape index (κ1) is 25.3. The number of alkyl carbamates (subject to hydrolysis) is 1. The van der Waals surface area contributed by atoms with Crippen molar-refractivity contribution in [2.75, 3.05) is 7.11 Å². The molecular formula is C27H29FN2O6S. The molecule has 0 spiro atoms. The van der Waals surface area contributed by atoms with Crippen LogP contribution in [0.15, 0.2) is 23.1 Å². The van der Waals surface area contributed by atoms with Crippen LogP contribution in [0, 0.1) is 5.82 Å². The van der Waals surface area contributed by atoms with E-state index in [-0.39, 0.29) is 28.8 Å². The third kappa shape index (κ3) is 4.70. The molecule has 3 aromatic rings. The van der Waals surface area contributed by atoms with Crippen molar-refractivity contribution < 1.29 is 28.6 Å². The number of rotatable bonds is 5. The van der Waals surface area contributed by atoms with Crippen LogP contribution in [-0.2, 0) is 11.2 Å². The van der Waals surface area contributed by atoms with Gasteiger partial charge >= 0.3 is 12.1 Å². The lowest BCUT2D eigenvalue weighted by molar-refractivity contribution is 0.0498. The zero-order chi connectivity index (χ0) is 26.6. The van der Waals surface area contributed by atoms with Gasteiger partial charge in [0.05, 0.1) is 29.6 Å². The van der Waals surface area contributed by atoms with Crippen LogP contribution in [0.3, 0.4) is 0 Å². The largest absolute Gasteiger partial charge is 0.494 e. The molecule has 1 saturated carbocycles. The topological polar surface area (TPSA) is 107 Å². The zero-order valence-electron chi connectivity index (χ0n) is 21.1. The molecule has 37 heavy (non-hydrogen) atoms. The number of carbonyl (C=O) groups is 2. The summed E-state index contributed by atoms with van der Waals surface area (Å²) in [5.41, 5.74) is -0.222. The van der Waals surface area contributed by atoms with Crippen LogP contribution in [0.2, 0.25) is 0 Å². The molecule has 1 aromatic carbocycles. The second-order valence-electron chi connectivity index (χ2n) is 10.6. The van der Waals surface area contributed by atoms with Crippen molar-refractivity contribution in [3.8, 4) is 16.2 Å². The van der Waals surface area contributed by atoms with Crippen LogP contribution < -0.4 is 15.5 Å². The summed E-state index contributed by atoms with van der Waals surface area (Å²) >= 11 is 1.43. The van der Waals surface area contributed by atoms with Crippen LogP contribution in [-0.4, -0.2) is 34.4 Å². The van der Waals surface area contributed by atoms with Gasteiger partial charge in [-0.2, -0.15) is 0 Å². The Morgan fingerprint density at radius 3 is 2.57 bits per heavy atom. The van der Waals surface area contributed by atoms with Crippen molar-refractivity contribution >= 4 is 34.3 Å². The maximum atomic E-state index is 15.7. The number of carboxylic acid groups (broad SMARTS) is 1. The smallest absolute Gasteiger partial charge is 0.408 e. The number of aromatic nitrogens is 1. The first-order valence-corrected chi connectivity index (χ1v) is 13.1. The fourth-order valence-electron chi connectivity index (χ4n) is 4.95. The highest BCUT2D eigenvalue weighted by molar-refractivity contribution is 7.15. The normalized spacial score (nSPS) is 17.4. The summed E-state index contributed by atoms with van der Waals surface area (Å²) in [7, 11) is 1.42. The number of pyridine rings is 1. The molecular weight excluding hydrogens is 499 g/mol. The number of halogens is 1. The van der Waals surface area contributed by atoms with Gasteiger partial charge in [-0.1, -0.05) is 0 Å². The highest BCUT2D eigenvalue weighted by atomic mass is 32.1. The number of nitrogens with zero attached hydrogens (tertiary/aromatic N) is 1. The van der Waals surface area contributed by atoms with Crippen LogP contribution in [0.4, 0.5) is 9.18 Å². The number of aryl methyl sites for hydroxylation is 1. The fourth-order valence-corrected chi connectivity index (χ4v) is 6.26.